The summed E-state index contributed by atoms with van der Waals surface area (Å²) < 4.78 is 13.1. The minimum absolute atomic E-state index is 0.0972. The fourth-order valence-corrected chi connectivity index (χ4v) is 4.49. The number of piperidine rings is 1. The van der Waals surface area contributed by atoms with Crippen LogP contribution in [0.3, 0.4) is 0 Å². The van der Waals surface area contributed by atoms with Crippen LogP contribution in [0.4, 0.5) is 4.39 Å². The van der Waals surface area contributed by atoms with Crippen LogP contribution in [0, 0.1) is 17.7 Å². The van der Waals surface area contributed by atoms with Gasteiger partial charge in [0.15, 0.2) is 0 Å². The first kappa shape index (κ1) is 19.8. The number of nitrogens with one attached hydrogen (secondary N) is 1. The van der Waals surface area contributed by atoms with Crippen molar-refractivity contribution in [3.63, 3.8) is 0 Å². The molecule has 1 saturated carbocycles. The molecule has 3 unspecified atom stereocenters. The highest BCUT2D eigenvalue weighted by atomic mass is 19.1. The van der Waals surface area contributed by atoms with Crippen molar-refractivity contribution in [1.29, 1.82) is 0 Å². The van der Waals surface area contributed by atoms with E-state index in [0.717, 1.165) is 19.3 Å². The number of likely N-dealkylation sites (tertiary alicyclic amines) is 1. The van der Waals surface area contributed by atoms with E-state index in [-0.39, 0.29) is 23.5 Å². The predicted molar refractivity (Wildman–Crippen MR) is 104 cm³/mol. The summed E-state index contributed by atoms with van der Waals surface area (Å²) in [5.74, 6) is 0.0934. The van der Waals surface area contributed by atoms with Crippen LogP contribution in [-0.4, -0.2) is 35.8 Å². The number of unbranched alkanes of at least 4 members (excludes halogenated alkanes) is 1. The molecule has 1 N–H and O–H groups in total. The number of nitrogens with zero attached hydrogens (tertiary/aromatic N) is 1. The first-order valence-corrected chi connectivity index (χ1v) is 10.4. The lowest BCUT2D eigenvalue weighted by molar-refractivity contribution is -0.127. The molecule has 4 nitrogen and oxygen atoms in total. The molecular weight excluding hydrogens is 343 g/mol. The minimum Gasteiger partial charge on any atom is -0.353 e. The summed E-state index contributed by atoms with van der Waals surface area (Å²) in [5.41, 5.74) is 0.480. The average molecular weight is 375 g/mol. The summed E-state index contributed by atoms with van der Waals surface area (Å²) in [4.78, 5) is 27.2. The van der Waals surface area contributed by atoms with Gasteiger partial charge >= 0.3 is 0 Å². The highest BCUT2D eigenvalue weighted by Crippen LogP contribution is 2.30. The van der Waals surface area contributed by atoms with Crippen molar-refractivity contribution in [3.8, 4) is 0 Å². The second kappa shape index (κ2) is 9.34. The van der Waals surface area contributed by atoms with E-state index in [9.17, 15) is 14.0 Å². The summed E-state index contributed by atoms with van der Waals surface area (Å²) in [7, 11) is 0. The zero-order valence-electron chi connectivity index (χ0n) is 16.3. The molecule has 0 radical (unpaired) electrons. The zero-order valence-corrected chi connectivity index (χ0v) is 16.3. The van der Waals surface area contributed by atoms with Gasteiger partial charge in [0.2, 0.25) is 5.91 Å². The van der Waals surface area contributed by atoms with E-state index < -0.39 is 0 Å². The van der Waals surface area contributed by atoms with Gasteiger partial charge in [-0.05, 0) is 62.3 Å². The lowest BCUT2D eigenvalue weighted by atomic mass is 9.93. The van der Waals surface area contributed by atoms with Crippen molar-refractivity contribution in [1.82, 2.24) is 10.2 Å². The molecule has 0 spiro atoms. The highest BCUT2D eigenvalue weighted by Gasteiger charge is 2.33. The van der Waals surface area contributed by atoms with Crippen LogP contribution in [0.5, 0.6) is 0 Å². The average Bonchev–Trinajstić information content (AvgIpc) is 3.13. The van der Waals surface area contributed by atoms with Gasteiger partial charge in [-0.15, -0.1) is 0 Å². The summed E-state index contributed by atoms with van der Waals surface area (Å²) >= 11 is 0. The molecule has 27 heavy (non-hydrogen) atoms. The second-order valence-electron chi connectivity index (χ2n) is 8.05. The molecule has 148 valence electrons. The van der Waals surface area contributed by atoms with E-state index in [2.05, 4.69) is 12.2 Å². The maximum Gasteiger partial charge on any atom is 0.253 e. The van der Waals surface area contributed by atoms with Gasteiger partial charge in [-0.1, -0.05) is 26.2 Å². The lowest BCUT2D eigenvalue weighted by Gasteiger charge is -2.33. The number of halogens is 1. The number of hydrogen-bond acceptors (Lipinski definition) is 2. The number of carbonyl (C=O) groups excluding carboxylic acids is 2. The summed E-state index contributed by atoms with van der Waals surface area (Å²) in [6.45, 7) is 3.31. The topological polar surface area (TPSA) is 49.4 Å². The van der Waals surface area contributed by atoms with Gasteiger partial charge < -0.3 is 10.2 Å². The fraction of sp³-hybridized carbons (Fsp3) is 0.636. The highest BCUT2D eigenvalue weighted by molar-refractivity contribution is 5.94. The maximum atomic E-state index is 13.1. The van der Waals surface area contributed by atoms with E-state index in [4.69, 9.17) is 0 Å². The fourth-order valence-electron chi connectivity index (χ4n) is 4.49. The Kier molecular flexibility index (Phi) is 6.86. The van der Waals surface area contributed by atoms with Crippen LogP contribution in [0.25, 0.3) is 0 Å². The predicted octanol–water partition coefficient (Wildman–Crippen LogP) is 4.15. The van der Waals surface area contributed by atoms with Crippen LogP contribution < -0.4 is 5.32 Å². The monoisotopic (exact) mass is 374 g/mol. The molecular formula is C22H31FN2O2. The molecule has 0 bridgehead atoms. The molecule has 1 aliphatic carbocycles. The molecule has 1 aromatic carbocycles. The van der Waals surface area contributed by atoms with E-state index in [1.165, 1.54) is 56.4 Å². The van der Waals surface area contributed by atoms with Crippen molar-refractivity contribution in [3.05, 3.63) is 35.6 Å². The Morgan fingerprint density at radius 1 is 1.15 bits per heavy atom. The Labute approximate surface area is 161 Å². The molecule has 0 aromatic heterocycles. The van der Waals surface area contributed by atoms with E-state index in [0.29, 0.717) is 30.6 Å². The van der Waals surface area contributed by atoms with Crippen molar-refractivity contribution >= 4 is 11.8 Å². The van der Waals surface area contributed by atoms with Crippen LogP contribution in [-0.2, 0) is 4.79 Å². The summed E-state index contributed by atoms with van der Waals surface area (Å²) in [6, 6.07) is 5.93. The SMILES string of the molecule is CCCCC1CCCC1NC(=O)C1CCCN(C(=O)c2ccc(F)cc2)C1. The van der Waals surface area contributed by atoms with Gasteiger partial charge in [-0.2, -0.15) is 0 Å². The Morgan fingerprint density at radius 3 is 2.67 bits per heavy atom. The van der Waals surface area contributed by atoms with Crippen molar-refractivity contribution in [2.75, 3.05) is 13.1 Å². The normalized spacial score (nSPS) is 25.4. The Balaban J connectivity index is 1.56. The van der Waals surface area contributed by atoms with Gasteiger partial charge in [0.25, 0.3) is 5.91 Å². The third kappa shape index (κ3) is 5.08. The largest absolute Gasteiger partial charge is 0.353 e. The van der Waals surface area contributed by atoms with Crippen molar-refractivity contribution in [2.24, 2.45) is 11.8 Å². The first-order chi connectivity index (χ1) is 13.1. The molecule has 3 atom stereocenters. The van der Waals surface area contributed by atoms with Gasteiger partial charge in [0, 0.05) is 24.7 Å². The number of benzene rings is 1. The molecule has 1 aromatic rings. The van der Waals surface area contributed by atoms with Gasteiger partial charge in [0.1, 0.15) is 5.82 Å². The Hall–Kier alpha value is -1.91. The number of rotatable bonds is 6. The van der Waals surface area contributed by atoms with E-state index >= 15 is 0 Å². The maximum absolute atomic E-state index is 13.1. The molecule has 3 rings (SSSR count). The van der Waals surface area contributed by atoms with Gasteiger partial charge in [-0.3, -0.25) is 9.59 Å². The molecule has 2 fully saturated rings. The standard InChI is InChI=1S/C22H31FN2O2/c1-2-3-6-16-7-4-9-20(16)24-21(26)18-8-5-14-25(15-18)22(27)17-10-12-19(23)13-11-17/h10-13,16,18,20H,2-9,14-15H2,1H3,(H,24,26). The smallest absolute Gasteiger partial charge is 0.253 e. The molecule has 2 amide bonds. The minimum atomic E-state index is -0.350. The lowest BCUT2D eigenvalue weighted by Crippen LogP contribution is -2.48. The van der Waals surface area contributed by atoms with Crippen LogP contribution >= 0.6 is 0 Å². The third-order valence-corrected chi connectivity index (χ3v) is 6.09. The summed E-state index contributed by atoms with van der Waals surface area (Å²) in [5, 5.41) is 3.29. The van der Waals surface area contributed by atoms with Crippen LogP contribution in [0.2, 0.25) is 0 Å². The number of carbonyl (C=O) groups is 2. The molecule has 1 heterocycles. The molecule has 1 saturated heterocycles. The zero-order chi connectivity index (χ0) is 19.2. The molecule has 1 aliphatic heterocycles. The second-order valence-corrected chi connectivity index (χ2v) is 8.05. The quantitative estimate of drug-likeness (QED) is 0.813. The van der Waals surface area contributed by atoms with Crippen LogP contribution in [0.1, 0.15) is 68.6 Å². The van der Waals surface area contributed by atoms with Crippen molar-refractivity contribution < 1.29 is 14.0 Å². The third-order valence-electron chi connectivity index (χ3n) is 6.09. The first-order valence-electron chi connectivity index (χ1n) is 10.4. The summed E-state index contributed by atoms with van der Waals surface area (Å²) in [6.07, 6.45) is 8.75. The van der Waals surface area contributed by atoms with Gasteiger partial charge in [-0.25, -0.2) is 4.39 Å². The Bertz CT molecular complexity index is 646. The van der Waals surface area contributed by atoms with Crippen molar-refractivity contribution in [2.45, 2.75) is 64.3 Å². The van der Waals surface area contributed by atoms with Crippen LogP contribution in [0.15, 0.2) is 24.3 Å². The number of hydrogen-bond donors (Lipinski definition) is 1. The van der Waals surface area contributed by atoms with E-state index in [1.54, 1.807) is 4.90 Å². The molecule has 2 aliphatic rings. The van der Waals surface area contributed by atoms with E-state index in [1.807, 2.05) is 0 Å². The number of amides is 2. The molecule has 5 heteroatoms. The Morgan fingerprint density at radius 2 is 1.93 bits per heavy atom. The van der Waals surface area contributed by atoms with Gasteiger partial charge in [0.05, 0.1) is 5.92 Å².